The number of carbonyl (C=O) groups excluding carboxylic acids is 1. The number of ether oxygens (including phenoxy) is 2. The van der Waals surface area contributed by atoms with Gasteiger partial charge in [-0.25, -0.2) is 4.98 Å². The number of hydrogen-bond acceptors (Lipinski definition) is 8. The molecular weight excluding hydrogens is 418 g/mol. The van der Waals surface area contributed by atoms with E-state index in [0.29, 0.717) is 21.8 Å². The van der Waals surface area contributed by atoms with Crippen LogP contribution in [-0.4, -0.2) is 38.8 Å². The van der Waals surface area contributed by atoms with Gasteiger partial charge in [0.05, 0.1) is 23.6 Å². The van der Waals surface area contributed by atoms with Crippen molar-refractivity contribution in [1.29, 1.82) is 0 Å². The van der Waals surface area contributed by atoms with Crippen molar-refractivity contribution in [2.75, 3.05) is 6.79 Å². The Morgan fingerprint density at radius 3 is 2.83 bits per heavy atom. The van der Waals surface area contributed by atoms with E-state index in [1.165, 1.54) is 11.8 Å². The third-order valence-corrected chi connectivity index (χ3v) is 5.60. The van der Waals surface area contributed by atoms with E-state index in [4.69, 9.17) is 26.2 Å². The topological polar surface area (TPSA) is 112 Å². The Bertz CT molecular complexity index is 905. The van der Waals surface area contributed by atoms with E-state index in [0.717, 1.165) is 41.6 Å². The Labute approximate surface area is 177 Å². The van der Waals surface area contributed by atoms with Gasteiger partial charge in [-0.2, -0.15) is 4.98 Å². The second-order valence-corrected chi connectivity index (χ2v) is 7.82. The highest BCUT2D eigenvalue weighted by atomic mass is 35.5. The van der Waals surface area contributed by atoms with Crippen LogP contribution in [0.5, 0.6) is 5.88 Å². The van der Waals surface area contributed by atoms with Gasteiger partial charge in [0.15, 0.2) is 5.16 Å². The van der Waals surface area contributed by atoms with Crippen LogP contribution in [0.15, 0.2) is 17.6 Å². The number of aryl methyl sites for hydroxylation is 2. The highest BCUT2D eigenvalue weighted by molar-refractivity contribution is 7.98. The van der Waals surface area contributed by atoms with Gasteiger partial charge in [0, 0.05) is 23.7 Å². The van der Waals surface area contributed by atoms with Crippen LogP contribution in [0.4, 0.5) is 0 Å². The zero-order valence-electron chi connectivity index (χ0n) is 15.8. The Morgan fingerprint density at radius 1 is 1.24 bits per heavy atom. The molecule has 0 saturated carbocycles. The van der Waals surface area contributed by atoms with Crippen LogP contribution in [-0.2, 0) is 32.9 Å². The number of fused-ring (bicyclic) bond motifs is 1. The lowest BCUT2D eigenvalue weighted by atomic mass is 10.2. The average molecular weight is 438 g/mol. The van der Waals surface area contributed by atoms with Crippen molar-refractivity contribution in [2.24, 2.45) is 0 Å². The van der Waals surface area contributed by atoms with Crippen molar-refractivity contribution in [3.05, 3.63) is 39.8 Å². The summed E-state index contributed by atoms with van der Waals surface area (Å²) in [5.74, 6) is -0.688. The lowest BCUT2D eigenvalue weighted by molar-refractivity contribution is -0.153. The fourth-order valence-electron chi connectivity index (χ4n) is 2.87. The molecule has 2 aromatic heterocycles. The first-order valence-electron chi connectivity index (χ1n) is 9.06. The summed E-state index contributed by atoms with van der Waals surface area (Å²) in [6, 6.07) is 0. The molecule has 0 saturated heterocycles. The molecule has 1 aliphatic carbocycles. The standard InChI is InChI=1S/C19H20ClN3O5S/c1-11-7-21-8-14(20)13(11)9-29-19-22-15-4-2-3-12(15)18(23-19)28-10-27-17(26)6-5-16(24)25/h7-8H,2-6,9-10H2,1H3,(H,24,25). The summed E-state index contributed by atoms with van der Waals surface area (Å²) in [6.45, 7) is 1.63. The molecule has 2 aromatic rings. The summed E-state index contributed by atoms with van der Waals surface area (Å²) < 4.78 is 10.5. The first kappa shape index (κ1) is 21.3. The molecule has 0 unspecified atom stereocenters. The summed E-state index contributed by atoms with van der Waals surface area (Å²) in [6.07, 6.45) is 5.50. The van der Waals surface area contributed by atoms with Crippen LogP contribution in [0.2, 0.25) is 5.02 Å². The van der Waals surface area contributed by atoms with Crippen molar-refractivity contribution in [1.82, 2.24) is 15.0 Å². The van der Waals surface area contributed by atoms with Gasteiger partial charge in [0.25, 0.3) is 0 Å². The third-order valence-electron chi connectivity index (χ3n) is 4.40. The van der Waals surface area contributed by atoms with E-state index in [1.807, 2.05) is 6.92 Å². The van der Waals surface area contributed by atoms with Crippen molar-refractivity contribution in [2.45, 2.75) is 49.9 Å². The molecular formula is C19H20ClN3O5S. The molecule has 3 rings (SSSR count). The van der Waals surface area contributed by atoms with E-state index in [9.17, 15) is 9.59 Å². The number of pyridine rings is 1. The normalized spacial score (nSPS) is 12.5. The molecule has 8 nitrogen and oxygen atoms in total. The molecule has 0 radical (unpaired) electrons. The number of carbonyl (C=O) groups is 2. The minimum absolute atomic E-state index is 0.201. The predicted molar refractivity (Wildman–Crippen MR) is 106 cm³/mol. The molecule has 0 aromatic carbocycles. The molecule has 0 spiro atoms. The molecule has 1 N–H and O–H groups in total. The van der Waals surface area contributed by atoms with Gasteiger partial charge in [-0.15, -0.1) is 0 Å². The van der Waals surface area contributed by atoms with E-state index >= 15 is 0 Å². The van der Waals surface area contributed by atoms with Crippen LogP contribution in [0.1, 0.15) is 41.6 Å². The van der Waals surface area contributed by atoms with Crippen LogP contribution >= 0.6 is 23.4 Å². The highest BCUT2D eigenvalue weighted by Gasteiger charge is 2.21. The second kappa shape index (κ2) is 9.89. The van der Waals surface area contributed by atoms with Crippen molar-refractivity contribution in [3.63, 3.8) is 0 Å². The SMILES string of the molecule is Cc1cncc(Cl)c1CSc1nc2c(c(OCOC(=O)CCC(=O)O)n1)CCC2. The molecule has 1 aliphatic rings. The highest BCUT2D eigenvalue weighted by Crippen LogP contribution is 2.32. The molecule has 0 bridgehead atoms. The minimum Gasteiger partial charge on any atom is -0.481 e. The summed E-state index contributed by atoms with van der Waals surface area (Å²) in [5, 5.41) is 9.76. The van der Waals surface area contributed by atoms with Crippen molar-refractivity contribution >= 4 is 35.3 Å². The lowest BCUT2D eigenvalue weighted by Crippen LogP contribution is -2.13. The quantitative estimate of drug-likeness (QED) is 0.273. The summed E-state index contributed by atoms with van der Waals surface area (Å²) >= 11 is 7.68. The number of halogens is 1. The van der Waals surface area contributed by atoms with E-state index in [2.05, 4.69) is 15.0 Å². The van der Waals surface area contributed by atoms with Crippen molar-refractivity contribution in [3.8, 4) is 5.88 Å². The number of esters is 1. The first-order valence-corrected chi connectivity index (χ1v) is 10.4. The van der Waals surface area contributed by atoms with Gasteiger partial charge >= 0.3 is 11.9 Å². The number of carboxylic acids is 1. The summed E-state index contributed by atoms with van der Waals surface area (Å²) in [4.78, 5) is 35.2. The molecule has 29 heavy (non-hydrogen) atoms. The minimum atomic E-state index is -1.05. The number of aliphatic carboxylic acids is 1. The van der Waals surface area contributed by atoms with Gasteiger partial charge in [-0.05, 0) is 37.3 Å². The monoisotopic (exact) mass is 437 g/mol. The number of rotatable bonds is 9. The fourth-order valence-corrected chi connectivity index (χ4v) is 4.20. The Morgan fingerprint density at radius 2 is 2.07 bits per heavy atom. The second-order valence-electron chi connectivity index (χ2n) is 6.47. The van der Waals surface area contributed by atoms with E-state index < -0.39 is 11.9 Å². The first-order chi connectivity index (χ1) is 13.9. The molecule has 0 atom stereocenters. The van der Waals surface area contributed by atoms with E-state index in [1.54, 1.807) is 12.4 Å². The number of thioether (sulfide) groups is 1. The van der Waals surface area contributed by atoms with Crippen LogP contribution in [0.25, 0.3) is 0 Å². The lowest BCUT2D eigenvalue weighted by Gasteiger charge is -2.12. The maximum absolute atomic E-state index is 11.5. The number of aromatic nitrogens is 3. The van der Waals surface area contributed by atoms with Crippen LogP contribution < -0.4 is 4.74 Å². The maximum atomic E-state index is 11.5. The smallest absolute Gasteiger partial charge is 0.309 e. The predicted octanol–water partition coefficient (Wildman–Crippen LogP) is 3.36. The van der Waals surface area contributed by atoms with E-state index in [-0.39, 0.29) is 19.6 Å². The Kier molecular flexibility index (Phi) is 7.27. The van der Waals surface area contributed by atoms with Gasteiger partial charge in [-0.1, -0.05) is 23.4 Å². The average Bonchev–Trinajstić information content (AvgIpc) is 3.15. The largest absolute Gasteiger partial charge is 0.481 e. The van der Waals surface area contributed by atoms with Crippen LogP contribution in [0.3, 0.4) is 0 Å². The number of hydrogen-bond donors (Lipinski definition) is 1. The Hall–Kier alpha value is -2.39. The van der Waals surface area contributed by atoms with Gasteiger partial charge in [0.1, 0.15) is 0 Å². The maximum Gasteiger partial charge on any atom is 0.309 e. The summed E-state index contributed by atoms with van der Waals surface area (Å²) in [5.41, 5.74) is 3.84. The molecule has 0 fully saturated rings. The molecule has 0 aliphatic heterocycles. The number of carboxylic acid groups (broad SMARTS) is 1. The molecule has 154 valence electrons. The van der Waals surface area contributed by atoms with Crippen LogP contribution in [0, 0.1) is 6.92 Å². The Balaban J connectivity index is 1.65. The molecule has 10 heteroatoms. The number of nitrogens with zero attached hydrogens (tertiary/aromatic N) is 3. The molecule has 0 amide bonds. The van der Waals surface area contributed by atoms with Crippen molar-refractivity contribution < 1.29 is 24.2 Å². The fraction of sp³-hybridized carbons (Fsp3) is 0.421. The zero-order valence-corrected chi connectivity index (χ0v) is 17.4. The van der Waals surface area contributed by atoms with Gasteiger partial charge < -0.3 is 14.6 Å². The van der Waals surface area contributed by atoms with Gasteiger partial charge in [0.2, 0.25) is 12.7 Å². The third kappa shape index (κ3) is 5.80. The summed E-state index contributed by atoms with van der Waals surface area (Å²) in [7, 11) is 0. The van der Waals surface area contributed by atoms with Gasteiger partial charge in [-0.3, -0.25) is 14.6 Å². The zero-order chi connectivity index (χ0) is 20.8. The molecule has 2 heterocycles.